The lowest BCUT2D eigenvalue weighted by molar-refractivity contribution is 0.481. The van der Waals surface area contributed by atoms with Crippen LogP contribution in [0.3, 0.4) is 0 Å². The third-order valence-corrected chi connectivity index (χ3v) is 3.95. The average molecular weight is 265 g/mol. The molecule has 1 heterocycles. The summed E-state index contributed by atoms with van der Waals surface area (Å²) >= 11 is 0. The van der Waals surface area contributed by atoms with Crippen LogP contribution in [0.4, 0.5) is 6.01 Å². The topological polar surface area (TPSA) is 41.3 Å². The highest BCUT2D eigenvalue weighted by Crippen LogP contribution is 2.24. The third kappa shape index (κ3) is 4.23. The second-order valence-electron chi connectivity index (χ2n) is 5.55. The molecule has 0 spiro atoms. The molecular formula is C15H27N3O. The molecule has 1 fully saturated rings. The van der Waals surface area contributed by atoms with Crippen molar-refractivity contribution in [2.75, 3.05) is 18.5 Å². The predicted molar refractivity (Wildman–Crippen MR) is 78.4 cm³/mol. The Balaban J connectivity index is 1.89. The fourth-order valence-corrected chi connectivity index (χ4v) is 2.73. The van der Waals surface area contributed by atoms with Crippen LogP contribution in [-0.4, -0.2) is 24.6 Å². The van der Waals surface area contributed by atoms with Crippen LogP contribution >= 0.6 is 0 Å². The molecule has 0 aliphatic heterocycles. The minimum atomic E-state index is 0.595. The zero-order chi connectivity index (χ0) is 13.5. The number of hydrogen-bond acceptors (Lipinski definition) is 4. The van der Waals surface area contributed by atoms with Gasteiger partial charge in [0, 0.05) is 19.6 Å². The van der Waals surface area contributed by atoms with Crippen molar-refractivity contribution in [1.82, 2.24) is 10.3 Å². The normalized spacial score (nSPS) is 17.4. The van der Waals surface area contributed by atoms with Crippen LogP contribution in [0.15, 0.2) is 10.7 Å². The molecule has 0 atom stereocenters. The summed E-state index contributed by atoms with van der Waals surface area (Å²) in [5.74, 6) is 0. The summed E-state index contributed by atoms with van der Waals surface area (Å²) in [4.78, 5) is 6.82. The molecule has 0 unspecified atom stereocenters. The van der Waals surface area contributed by atoms with Gasteiger partial charge in [-0.2, -0.15) is 4.98 Å². The van der Waals surface area contributed by atoms with Gasteiger partial charge in [0.05, 0.1) is 5.69 Å². The van der Waals surface area contributed by atoms with Crippen LogP contribution in [-0.2, 0) is 6.54 Å². The van der Waals surface area contributed by atoms with Gasteiger partial charge in [-0.15, -0.1) is 0 Å². The Morgan fingerprint density at radius 2 is 2.05 bits per heavy atom. The molecule has 1 aromatic heterocycles. The van der Waals surface area contributed by atoms with Gasteiger partial charge in [0.1, 0.15) is 6.26 Å². The standard InChI is InChI=1S/C15H27N3O/c1-3-10-16-11-13-12-19-15(17-13)18(2)14-8-6-4-5-7-9-14/h12,14,16H,3-11H2,1-2H3. The fourth-order valence-electron chi connectivity index (χ4n) is 2.73. The van der Waals surface area contributed by atoms with Crippen LogP contribution in [0.5, 0.6) is 0 Å². The second-order valence-corrected chi connectivity index (χ2v) is 5.55. The summed E-state index contributed by atoms with van der Waals surface area (Å²) < 4.78 is 5.63. The molecule has 1 aliphatic rings. The van der Waals surface area contributed by atoms with E-state index < -0.39 is 0 Å². The quantitative estimate of drug-likeness (QED) is 0.633. The molecule has 0 amide bonds. The van der Waals surface area contributed by atoms with Crippen LogP contribution in [0, 0.1) is 0 Å². The van der Waals surface area contributed by atoms with Crippen molar-refractivity contribution in [1.29, 1.82) is 0 Å². The second kappa shape index (κ2) is 7.53. The van der Waals surface area contributed by atoms with Crippen LogP contribution in [0.25, 0.3) is 0 Å². The largest absolute Gasteiger partial charge is 0.432 e. The molecule has 2 rings (SSSR count). The molecule has 0 radical (unpaired) electrons. The lowest BCUT2D eigenvalue weighted by Gasteiger charge is -2.25. The highest BCUT2D eigenvalue weighted by Gasteiger charge is 2.20. The molecule has 0 saturated heterocycles. The smallest absolute Gasteiger partial charge is 0.297 e. The number of aromatic nitrogens is 1. The highest BCUT2D eigenvalue weighted by atomic mass is 16.4. The maximum atomic E-state index is 5.63. The van der Waals surface area contributed by atoms with Crippen molar-refractivity contribution in [2.24, 2.45) is 0 Å². The van der Waals surface area contributed by atoms with Gasteiger partial charge < -0.3 is 14.6 Å². The molecule has 19 heavy (non-hydrogen) atoms. The molecular weight excluding hydrogens is 238 g/mol. The van der Waals surface area contributed by atoms with Gasteiger partial charge in [-0.25, -0.2) is 0 Å². The predicted octanol–water partition coefficient (Wildman–Crippen LogP) is 3.33. The molecule has 0 aromatic carbocycles. The van der Waals surface area contributed by atoms with Crippen LogP contribution < -0.4 is 10.2 Å². The zero-order valence-corrected chi connectivity index (χ0v) is 12.3. The van der Waals surface area contributed by atoms with E-state index in [4.69, 9.17) is 4.42 Å². The van der Waals surface area contributed by atoms with Gasteiger partial charge >= 0.3 is 0 Å². The molecule has 1 aromatic rings. The van der Waals surface area contributed by atoms with Crippen molar-refractivity contribution < 1.29 is 4.42 Å². The maximum Gasteiger partial charge on any atom is 0.297 e. The first-order valence-corrected chi connectivity index (χ1v) is 7.69. The van der Waals surface area contributed by atoms with Crippen molar-refractivity contribution in [2.45, 2.75) is 64.5 Å². The maximum absolute atomic E-state index is 5.63. The Morgan fingerprint density at radius 1 is 1.32 bits per heavy atom. The molecule has 4 heteroatoms. The van der Waals surface area contributed by atoms with E-state index in [1.807, 2.05) is 0 Å². The summed E-state index contributed by atoms with van der Waals surface area (Å²) in [7, 11) is 2.12. The van der Waals surface area contributed by atoms with E-state index in [0.29, 0.717) is 6.04 Å². The number of anilines is 1. The van der Waals surface area contributed by atoms with Gasteiger partial charge in [-0.3, -0.25) is 0 Å². The number of rotatable bonds is 6. The first-order valence-electron chi connectivity index (χ1n) is 7.69. The van der Waals surface area contributed by atoms with E-state index in [9.17, 15) is 0 Å². The van der Waals surface area contributed by atoms with E-state index in [0.717, 1.165) is 31.2 Å². The summed E-state index contributed by atoms with van der Waals surface area (Å²) in [6, 6.07) is 1.37. The van der Waals surface area contributed by atoms with Crippen LogP contribution in [0.2, 0.25) is 0 Å². The lowest BCUT2D eigenvalue weighted by atomic mass is 10.1. The van der Waals surface area contributed by atoms with Crippen LogP contribution in [0.1, 0.15) is 57.6 Å². The van der Waals surface area contributed by atoms with Gasteiger partial charge in [-0.05, 0) is 25.8 Å². The minimum Gasteiger partial charge on any atom is -0.432 e. The van der Waals surface area contributed by atoms with Crippen molar-refractivity contribution in [3.8, 4) is 0 Å². The number of oxazole rings is 1. The van der Waals surface area contributed by atoms with E-state index >= 15 is 0 Å². The monoisotopic (exact) mass is 265 g/mol. The van der Waals surface area contributed by atoms with E-state index in [1.165, 1.54) is 38.5 Å². The molecule has 0 bridgehead atoms. The zero-order valence-electron chi connectivity index (χ0n) is 12.3. The Morgan fingerprint density at radius 3 is 2.74 bits per heavy atom. The lowest BCUT2D eigenvalue weighted by Crippen LogP contribution is -2.31. The highest BCUT2D eigenvalue weighted by molar-refractivity contribution is 5.27. The fraction of sp³-hybridized carbons (Fsp3) is 0.800. The van der Waals surface area contributed by atoms with Gasteiger partial charge in [0.25, 0.3) is 6.01 Å². The van der Waals surface area contributed by atoms with Gasteiger partial charge in [0.2, 0.25) is 0 Å². The Kier molecular flexibility index (Phi) is 5.70. The molecule has 1 saturated carbocycles. The molecule has 4 nitrogen and oxygen atoms in total. The molecule has 1 aliphatic carbocycles. The summed E-state index contributed by atoms with van der Waals surface area (Å²) in [6.45, 7) is 4.00. The SMILES string of the molecule is CCCNCc1coc(N(C)C2CCCCCC2)n1. The Labute approximate surface area is 116 Å². The number of nitrogens with zero attached hydrogens (tertiary/aromatic N) is 2. The number of nitrogens with one attached hydrogen (secondary N) is 1. The average Bonchev–Trinajstić information content (AvgIpc) is 2.72. The van der Waals surface area contributed by atoms with Gasteiger partial charge in [-0.1, -0.05) is 32.6 Å². The minimum absolute atomic E-state index is 0.595. The van der Waals surface area contributed by atoms with E-state index in [2.05, 4.69) is 29.2 Å². The first-order chi connectivity index (χ1) is 9.31. The van der Waals surface area contributed by atoms with E-state index in [1.54, 1.807) is 6.26 Å². The summed E-state index contributed by atoms with van der Waals surface area (Å²) in [5.41, 5.74) is 1.00. The summed E-state index contributed by atoms with van der Waals surface area (Å²) in [6.07, 6.45) is 10.9. The Hall–Kier alpha value is -1.03. The van der Waals surface area contributed by atoms with Crippen molar-refractivity contribution >= 4 is 6.01 Å². The molecule has 108 valence electrons. The van der Waals surface area contributed by atoms with Crippen molar-refractivity contribution in [3.63, 3.8) is 0 Å². The first kappa shape index (κ1) is 14.4. The van der Waals surface area contributed by atoms with E-state index in [-0.39, 0.29) is 0 Å². The van der Waals surface area contributed by atoms with Crippen molar-refractivity contribution in [3.05, 3.63) is 12.0 Å². The summed E-state index contributed by atoms with van der Waals surface area (Å²) in [5, 5.41) is 3.35. The van der Waals surface area contributed by atoms with Gasteiger partial charge in [0.15, 0.2) is 0 Å². The Bertz CT molecular complexity index is 356. The molecule has 1 N–H and O–H groups in total. The third-order valence-electron chi connectivity index (χ3n) is 3.95. The number of hydrogen-bond donors (Lipinski definition) is 1.